The number of fused-ring (bicyclic) bond motifs is 1. The molecule has 0 bridgehead atoms. The summed E-state index contributed by atoms with van der Waals surface area (Å²) < 4.78 is 5.36. The molecule has 1 N–H and O–H groups in total. The van der Waals surface area contributed by atoms with Crippen LogP contribution in [0.2, 0.25) is 0 Å². The SMILES string of the molecule is Cc1noc2nc(-c3ccccc3)cc(C(=O)Nc3nnc(Cc4ccccc4)s3)c12. The van der Waals surface area contributed by atoms with Gasteiger partial charge in [0.25, 0.3) is 11.6 Å². The van der Waals surface area contributed by atoms with Crippen LogP contribution in [0.4, 0.5) is 5.13 Å². The summed E-state index contributed by atoms with van der Waals surface area (Å²) in [6.07, 6.45) is 0.663. The molecule has 8 heteroatoms. The Morgan fingerprint density at radius 3 is 2.55 bits per heavy atom. The van der Waals surface area contributed by atoms with E-state index in [1.165, 1.54) is 11.3 Å². The highest BCUT2D eigenvalue weighted by Gasteiger charge is 2.20. The normalized spacial score (nSPS) is 11.0. The average Bonchev–Trinajstić information content (AvgIpc) is 3.40. The molecule has 0 fully saturated rings. The smallest absolute Gasteiger partial charge is 0.259 e. The lowest BCUT2D eigenvalue weighted by molar-refractivity contribution is 0.102. The molecule has 0 radical (unpaired) electrons. The van der Waals surface area contributed by atoms with E-state index in [1.807, 2.05) is 60.7 Å². The molecule has 3 aromatic heterocycles. The zero-order valence-electron chi connectivity index (χ0n) is 16.6. The van der Waals surface area contributed by atoms with E-state index in [9.17, 15) is 4.79 Å². The zero-order chi connectivity index (χ0) is 21.2. The Hall–Kier alpha value is -3.91. The topological polar surface area (TPSA) is 93.8 Å². The maximum Gasteiger partial charge on any atom is 0.259 e. The molecule has 0 unspecified atom stereocenters. The van der Waals surface area contributed by atoms with Gasteiger partial charge in [-0.15, -0.1) is 10.2 Å². The Bertz CT molecular complexity index is 1360. The number of nitrogens with zero attached hydrogens (tertiary/aromatic N) is 4. The van der Waals surface area contributed by atoms with Crippen molar-refractivity contribution in [3.05, 3.63) is 88.6 Å². The van der Waals surface area contributed by atoms with Crippen molar-refractivity contribution in [3.8, 4) is 11.3 Å². The zero-order valence-corrected chi connectivity index (χ0v) is 17.4. The first-order valence-corrected chi connectivity index (χ1v) is 10.5. The quantitative estimate of drug-likeness (QED) is 0.429. The molecule has 2 aromatic carbocycles. The highest BCUT2D eigenvalue weighted by atomic mass is 32.1. The van der Waals surface area contributed by atoms with Gasteiger partial charge in [0.05, 0.1) is 22.3 Å². The Morgan fingerprint density at radius 2 is 1.77 bits per heavy atom. The van der Waals surface area contributed by atoms with Gasteiger partial charge in [-0.3, -0.25) is 10.1 Å². The summed E-state index contributed by atoms with van der Waals surface area (Å²) in [5.74, 6) is -0.307. The Morgan fingerprint density at radius 1 is 1.03 bits per heavy atom. The van der Waals surface area contributed by atoms with Gasteiger partial charge >= 0.3 is 0 Å². The lowest BCUT2D eigenvalue weighted by Crippen LogP contribution is -2.13. The van der Waals surface area contributed by atoms with Gasteiger partial charge < -0.3 is 4.52 Å². The number of aryl methyl sites for hydroxylation is 1. The van der Waals surface area contributed by atoms with Gasteiger partial charge in [-0.1, -0.05) is 77.2 Å². The van der Waals surface area contributed by atoms with E-state index in [1.54, 1.807) is 13.0 Å². The highest BCUT2D eigenvalue weighted by Crippen LogP contribution is 2.28. The fraction of sp³-hybridized carbons (Fsp3) is 0.0870. The van der Waals surface area contributed by atoms with E-state index in [2.05, 4.69) is 25.7 Å². The summed E-state index contributed by atoms with van der Waals surface area (Å²) in [7, 11) is 0. The predicted molar refractivity (Wildman–Crippen MR) is 119 cm³/mol. The molecule has 0 aliphatic rings. The van der Waals surface area contributed by atoms with Crippen molar-refractivity contribution in [2.45, 2.75) is 13.3 Å². The van der Waals surface area contributed by atoms with Gasteiger partial charge in [-0.2, -0.15) is 0 Å². The van der Waals surface area contributed by atoms with Crippen molar-refractivity contribution in [1.29, 1.82) is 0 Å². The first-order chi connectivity index (χ1) is 15.2. The molecule has 5 rings (SSSR count). The number of rotatable bonds is 5. The summed E-state index contributed by atoms with van der Waals surface area (Å²) in [5.41, 5.74) is 4.02. The summed E-state index contributed by atoms with van der Waals surface area (Å²) >= 11 is 1.35. The van der Waals surface area contributed by atoms with Crippen molar-refractivity contribution in [2.75, 3.05) is 5.32 Å². The second-order valence-electron chi connectivity index (χ2n) is 6.99. The van der Waals surface area contributed by atoms with E-state index < -0.39 is 0 Å². The minimum absolute atomic E-state index is 0.307. The average molecular weight is 427 g/mol. The summed E-state index contributed by atoms with van der Waals surface area (Å²) in [4.78, 5) is 17.7. The van der Waals surface area contributed by atoms with E-state index in [0.29, 0.717) is 39.6 Å². The van der Waals surface area contributed by atoms with Crippen LogP contribution in [-0.2, 0) is 6.42 Å². The summed E-state index contributed by atoms with van der Waals surface area (Å²) in [5, 5.41) is 17.0. The van der Waals surface area contributed by atoms with E-state index in [0.717, 1.165) is 16.1 Å². The van der Waals surface area contributed by atoms with E-state index >= 15 is 0 Å². The molecule has 0 atom stereocenters. The summed E-state index contributed by atoms with van der Waals surface area (Å²) in [6.45, 7) is 1.79. The Balaban J connectivity index is 1.45. The number of nitrogens with one attached hydrogen (secondary N) is 1. The number of pyridine rings is 1. The highest BCUT2D eigenvalue weighted by molar-refractivity contribution is 7.15. The van der Waals surface area contributed by atoms with Crippen LogP contribution in [0.25, 0.3) is 22.4 Å². The maximum atomic E-state index is 13.2. The largest absolute Gasteiger partial charge is 0.335 e. The third-order valence-electron chi connectivity index (χ3n) is 4.82. The fourth-order valence-electron chi connectivity index (χ4n) is 3.34. The monoisotopic (exact) mass is 427 g/mol. The number of aromatic nitrogens is 4. The number of hydrogen-bond acceptors (Lipinski definition) is 7. The predicted octanol–water partition coefficient (Wildman–Crippen LogP) is 4.89. The molecule has 0 aliphatic heterocycles. The molecule has 31 heavy (non-hydrogen) atoms. The molecule has 3 heterocycles. The van der Waals surface area contributed by atoms with Crippen LogP contribution in [0, 0.1) is 6.92 Å². The second-order valence-corrected chi connectivity index (χ2v) is 8.05. The van der Waals surface area contributed by atoms with E-state index in [4.69, 9.17) is 4.52 Å². The van der Waals surface area contributed by atoms with Crippen LogP contribution in [0.1, 0.15) is 26.6 Å². The van der Waals surface area contributed by atoms with Crippen molar-refractivity contribution < 1.29 is 9.32 Å². The molecule has 1 amide bonds. The van der Waals surface area contributed by atoms with Crippen molar-refractivity contribution in [1.82, 2.24) is 20.3 Å². The number of amides is 1. The van der Waals surface area contributed by atoms with Gasteiger partial charge in [-0.25, -0.2) is 4.98 Å². The fourth-order valence-corrected chi connectivity index (χ4v) is 4.11. The third kappa shape index (κ3) is 3.93. The minimum atomic E-state index is -0.307. The first-order valence-electron chi connectivity index (χ1n) is 9.67. The third-order valence-corrected chi connectivity index (χ3v) is 5.66. The first kappa shape index (κ1) is 19.1. The van der Waals surface area contributed by atoms with Crippen LogP contribution in [0.3, 0.4) is 0 Å². The molecule has 152 valence electrons. The maximum absolute atomic E-state index is 13.2. The molecule has 0 spiro atoms. The Kier molecular flexibility index (Phi) is 4.97. The van der Waals surface area contributed by atoms with Crippen LogP contribution >= 0.6 is 11.3 Å². The number of benzene rings is 2. The van der Waals surface area contributed by atoms with Gasteiger partial charge in [0, 0.05) is 12.0 Å². The van der Waals surface area contributed by atoms with Crippen LogP contribution in [0.15, 0.2) is 71.3 Å². The van der Waals surface area contributed by atoms with Gasteiger partial charge in [-0.05, 0) is 18.6 Å². The molecule has 5 aromatic rings. The summed E-state index contributed by atoms with van der Waals surface area (Å²) in [6, 6.07) is 21.4. The van der Waals surface area contributed by atoms with Gasteiger partial charge in [0.1, 0.15) is 5.01 Å². The van der Waals surface area contributed by atoms with Crippen LogP contribution < -0.4 is 5.32 Å². The van der Waals surface area contributed by atoms with Gasteiger partial charge in [0.2, 0.25) is 5.13 Å². The van der Waals surface area contributed by atoms with Crippen molar-refractivity contribution in [2.24, 2.45) is 0 Å². The van der Waals surface area contributed by atoms with Crippen LogP contribution in [0.5, 0.6) is 0 Å². The number of carbonyl (C=O) groups is 1. The van der Waals surface area contributed by atoms with Gasteiger partial charge in [0.15, 0.2) is 0 Å². The second kappa shape index (κ2) is 8.08. The van der Waals surface area contributed by atoms with Crippen LogP contribution in [-0.4, -0.2) is 26.2 Å². The molecular formula is C23H17N5O2S. The van der Waals surface area contributed by atoms with Crippen molar-refractivity contribution in [3.63, 3.8) is 0 Å². The number of hydrogen-bond donors (Lipinski definition) is 1. The molecule has 0 saturated carbocycles. The lowest BCUT2D eigenvalue weighted by Gasteiger charge is -2.06. The number of anilines is 1. The Labute approximate surface area is 181 Å². The van der Waals surface area contributed by atoms with Crippen molar-refractivity contribution >= 4 is 33.5 Å². The number of carbonyl (C=O) groups excluding carboxylic acids is 1. The molecule has 7 nitrogen and oxygen atoms in total. The molecule has 0 saturated heterocycles. The molecular weight excluding hydrogens is 410 g/mol. The molecule has 0 aliphatic carbocycles. The standard InChI is InChI=1S/C23H17N5O2S/c1-14-20-17(13-18(24-22(20)30-28-14)16-10-6-3-7-11-16)21(29)25-23-27-26-19(31-23)12-15-8-4-2-5-9-15/h2-11,13H,12H2,1H3,(H,25,27,29). The van der Waals surface area contributed by atoms with E-state index in [-0.39, 0.29) is 5.91 Å². The lowest BCUT2D eigenvalue weighted by atomic mass is 10.1. The minimum Gasteiger partial charge on any atom is -0.335 e.